The summed E-state index contributed by atoms with van der Waals surface area (Å²) in [6.45, 7) is 9.06. The molecule has 1 nitrogen and oxygen atoms in total. The Hall–Kier alpha value is -0.0400. The molecule has 0 radical (unpaired) electrons. The summed E-state index contributed by atoms with van der Waals surface area (Å²) in [5.41, 5.74) is 6.65. The third kappa shape index (κ3) is 5.01. The van der Waals surface area contributed by atoms with Crippen LogP contribution >= 0.6 is 0 Å². The van der Waals surface area contributed by atoms with E-state index in [1.165, 1.54) is 44.9 Å². The van der Waals surface area contributed by atoms with Gasteiger partial charge in [-0.2, -0.15) is 0 Å². The Labute approximate surface area is 96.8 Å². The maximum Gasteiger partial charge on any atom is 0.0180 e. The van der Waals surface area contributed by atoms with E-state index in [1.54, 1.807) is 0 Å². The molecule has 1 heteroatoms. The van der Waals surface area contributed by atoms with Crippen molar-refractivity contribution >= 4 is 0 Å². The van der Waals surface area contributed by atoms with Gasteiger partial charge in [0.25, 0.3) is 0 Å². The lowest BCUT2D eigenvalue weighted by Gasteiger charge is -2.36. The molecule has 0 heterocycles. The lowest BCUT2D eigenvalue weighted by molar-refractivity contribution is 0.222. The predicted octanol–water partition coefficient (Wildman–Crippen LogP) is 4.50. The normalized spacial score (nSPS) is 15.6. The van der Waals surface area contributed by atoms with Crippen molar-refractivity contribution < 1.29 is 0 Å². The zero-order valence-electron chi connectivity index (χ0n) is 11.3. The average Bonchev–Trinajstić information content (AvgIpc) is 2.26. The molecule has 0 aromatic rings. The third-order valence-electron chi connectivity index (χ3n) is 3.95. The second kappa shape index (κ2) is 8.15. The topological polar surface area (TPSA) is 26.0 Å². The van der Waals surface area contributed by atoms with Crippen LogP contribution in [0.25, 0.3) is 0 Å². The molecular weight excluding hydrogens is 182 g/mol. The summed E-state index contributed by atoms with van der Waals surface area (Å²) >= 11 is 0. The third-order valence-corrected chi connectivity index (χ3v) is 3.95. The number of hydrogen-bond acceptors (Lipinski definition) is 1. The van der Waals surface area contributed by atoms with Crippen LogP contribution in [0, 0.1) is 5.92 Å². The highest BCUT2D eigenvalue weighted by atomic mass is 14.8. The number of rotatable bonds is 9. The summed E-state index contributed by atoms with van der Waals surface area (Å²) in [4.78, 5) is 0. The fraction of sp³-hybridized carbons (Fsp3) is 1.00. The van der Waals surface area contributed by atoms with Gasteiger partial charge in [0.2, 0.25) is 0 Å². The van der Waals surface area contributed by atoms with Crippen molar-refractivity contribution in [2.24, 2.45) is 11.7 Å². The molecule has 1 unspecified atom stereocenters. The first-order valence-electron chi connectivity index (χ1n) is 6.93. The van der Waals surface area contributed by atoms with E-state index in [0.717, 1.165) is 6.42 Å². The highest BCUT2D eigenvalue weighted by molar-refractivity contribution is 4.88. The summed E-state index contributed by atoms with van der Waals surface area (Å²) in [6.07, 6.45) is 10.2. The first kappa shape index (κ1) is 15.0. The molecule has 2 N–H and O–H groups in total. The largest absolute Gasteiger partial charge is 0.325 e. The Morgan fingerprint density at radius 2 is 1.53 bits per heavy atom. The van der Waals surface area contributed by atoms with Crippen LogP contribution in [-0.4, -0.2) is 5.54 Å². The molecule has 0 aromatic carbocycles. The van der Waals surface area contributed by atoms with Crippen molar-refractivity contribution in [3.05, 3.63) is 0 Å². The molecule has 0 aliphatic heterocycles. The van der Waals surface area contributed by atoms with Crippen LogP contribution in [0.15, 0.2) is 0 Å². The van der Waals surface area contributed by atoms with Gasteiger partial charge in [-0.1, -0.05) is 66.2 Å². The zero-order valence-corrected chi connectivity index (χ0v) is 11.3. The van der Waals surface area contributed by atoms with Crippen LogP contribution in [0.3, 0.4) is 0 Å². The zero-order chi connectivity index (χ0) is 11.7. The van der Waals surface area contributed by atoms with Gasteiger partial charge in [-0.25, -0.2) is 0 Å². The highest BCUT2D eigenvalue weighted by Crippen LogP contribution is 2.30. The minimum Gasteiger partial charge on any atom is -0.325 e. The predicted molar refractivity (Wildman–Crippen MR) is 70.0 cm³/mol. The van der Waals surface area contributed by atoms with Crippen molar-refractivity contribution in [2.75, 3.05) is 0 Å². The molecule has 0 fully saturated rings. The SMILES string of the molecule is CCCCCCC(N)(CC)C(CC)CC. The van der Waals surface area contributed by atoms with Crippen LogP contribution in [0.4, 0.5) is 0 Å². The Balaban J connectivity index is 4.05. The molecule has 0 aliphatic carbocycles. The van der Waals surface area contributed by atoms with Gasteiger partial charge in [-0.05, 0) is 18.8 Å². The molecule has 1 atom stereocenters. The van der Waals surface area contributed by atoms with Crippen LogP contribution in [0.1, 0.15) is 79.1 Å². The molecule has 0 bridgehead atoms. The maximum absolute atomic E-state index is 6.54. The summed E-state index contributed by atoms with van der Waals surface area (Å²) < 4.78 is 0. The summed E-state index contributed by atoms with van der Waals surface area (Å²) in [7, 11) is 0. The highest BCUT2D eigenvalue weighted by Gasteiger charge is 2.29. The minimum absolute atomic E-state index is 0.108. The summed E-state index contributed by atoms with van der Waals surface area (Å²) in [5, 5.41) is 0. The number of unbranched alkanes of at least 4 members (excludes halogenated alkanes) is 3. The van der Waals surface area contributed by atoms with Crippen LogP contribution < -0.4 is 5.73 Å². The van der Waals surface area contributed by atoms with Gasteiger partial charge in [0.15, 0.2) is 0 Å². The van der Waals surface area contributed by atoms with Crippen LogP contribution in [0.5, 0.6) is 0 Å². The van der Waals surface area contributed by atoms with Gasteiger partial charge in [0, 0.05) is 5.54 Å². The van der Waals surface area contributed by atoms with E-state index in [4.69, 9.17) is 5.73 Å². The van der Waals surface area contributed by atoms with Gasteiger partial charge in [0.05, 0.1) is 0 Å². The van der Waals surface area contributed by atoms with Gasteiger partial charge in [0.1, 0.15) is 0 Å². The molecule has 0 aliphatic rings. The molecule has 0 amide bonds. The molecule has 15 heavy (non-hydrogen) atoms. The van der Waals surface area contributed by atoms with E-state index < -0.39 is 0 Å². The number of nitrogens with two attached hydrogens (primary N) is 1. The first-order chi connectivity index (χ1) is 7.14. The fourth-order valence-corrected chi connectivity index (χ4v) is 2.65. The molecule has 0 saturated heterocycles. The lowest BCUT2D eigenvalue weighted by Crippen LogP contribution is -2.46. The van der Waals surface area contributed by atoms with E-state index in [9.17, 15) is 0 Å². The monoisotopic (exact) mass is 213 g/mol. The van der Waals surface area contributed by atoms with Gasteiger partial charge in [-0.3, -0.25) is 0 Å². The van der Waals surface area contributed by atoms with Crippen molar-refractivity contribution in [1.82, 2.24) is 0 Å². The standard InChI is InChI=1S/C14H31N/c1-5-9-10-11-12-14(15,8-4)13(6-2)7-3/h13H,5-12,15H2,1-4H3. The van der Waals surface area contributed by atoms with Crippen molar-refractivity contribution in [2.45, 2.75) is 84.6 Å². The van der Waals surface area contributed by atoms with E-state index in [1.807, 2.05) is 0 Å². The van der Waals surface area contributed by atoms with E-state index in [-0.39, 0.29) is 5.54 Å². The molecule has 0 aromatic heterocycles. The van der Waals surface area contributed by atoms with E-state index in [0.29, 0.717) is 5.92 Å². The average molecular weight is 213 g/mol. The Kier molecular flexibility index (Phi) is 8.13. The van der Waals surface area contributed by atoms with Crippen molar-refractivity contribution in [1.29, 1.82) is 0 Å². The van der Waals surface area contributed by atoms with E-state index in [2.05, 4.69) is 27.7 Å². The van der Waals surface area contributed by atoms with Gasteiger partial charge in [-0.15, -0.1) is 0 Å². The van der Waals surface area contributed by atoms with E-state index >= 15 is 0 Å². The number of hydrogen-bond donors (Lipinski definition) is 1. The Morgan fingerprint density at radius 3 is 1.93 bits per heavy atom. The molecule has 0 spiro atoms. The molecule has 0 rings (SSSR count). The summed E-state index contributed by atoms with van der Waals surface area (Å²) in [5.74, 6) is 0.712. The maximum atomic E-state index is 6.54. The fourth-order valence-electron chi connectivity index (χ4n) is 2.65. The van der Waals surface area contributed by atoms with Gasteiger partial charge < -0.3 is 5.73 Å². The first-order valence-corrected chi connectivity index (χ1v) is 6.93. The smallest absolute Gasteiger partial charge is 0.0180 e. The van der Waals surface area contributed by atoms with Crippen molar-refractivity contribution in [3.63, 3.8) is 0 Å². The minimum atomic E-state index is 0.108. The summed E-state index contributed by atoms with van der Waals surface area (Å²) in [6, 6.07) is 0. The second-order valence-corrected chi connectivity index (χ2v) is 4.91. The molecule has 92 valence electrons. The molecule has 0 saturated carbocycles. The van der Waals surface area contributed by atoms with Gasteiger partial charge >= 0.3 is 0 Å². The quantitative estimate of drug-likeness (QED) is 0.561. The van der Waals surface area contributed by atoms with Crippen LogP contribution in [0.2, 0.25) is 0 Å². The van der Waals surface area contributed by atoms with Crippen LogP contribution in [-0.2, 0) is 0 Å². The Morgan fingerprint density at radius 1 is 0.933 bits per heavy atom. The second-order valence-electron chi connectivity index (χ2n) is 4.91. The lowest BCUT2D eigenvalue weighted by atomic mass is 9.76. The Bertz CT molecular complexity index is 140. The molecular formula is C14H31N. The van der Waals surface area contributed by atoms with Crippen molar-refractivity contribution in [3.8, 4) is 0 Å².